The number of imidazole rings is 1. The summed E-state index contributed by atoms with van der Waals surface area (Å²) in [6, 6.07) is 11.5. The van der Waals surface area contributed by atoms with E-state index in [-0.39, 0.29) is 22.8 Å². The van der Waals surface area contributed by atoms with E-state index in [9.17, 15) is 4.79 Å². The monoisotopic (exact) mass is 349 g/mol. The van der Waals surface area contributed by atoms with E-state index in [2.05, 4.69) is 15.4 Å². The van der Waals surface area contributed by atoms with Crippen LogP contribution in [-0.4, -0.2) is 25.2 Å². The quantitative estimate of drug-likeness (QED) is 0.786. The normalized spacial score (nSPS) is 10.7. The van der Waals surface area contributed by atoms with Gasteiger partial charge >= 0.3 is 0 Å². The van der Waals surface area contributed by atoms with Crippen LogP contribution in [0.2, 0.25) is 10.3 Å². The maximum absolute atomic E-state index is 12.1. The van der Waals surface area contributed by atoms with Crippen molar-refractivity contribution in [3.63, 3.8) is 0 Å². The van der Waals surface area contributed by atoms with E-state index in [1.165, 1.54) is 10.9 Å². The summed E-state index contributed by atoms with van der Waals surface area (Å²) in [5, 5.41) is 7.60. The van der Waals surface area contributed by atoms with Crippen molar-refractivity contribution >= 4 is 34.9 Å². The fourth-order valence-electron chi connectivity index (χ4n) is 2.12. The van der Waals surface area contributed by atoms with Crippen LogP contribution in [0.4, 0.5) is 5.82 Å². The third-order valence-corrected chi connectivity index (χ3v) is 4.03. The molecular formula is C15H13Cl2N5O. The average Bonchev–Trinajstić information content (AvgIpc) is 3.06. The van der Waals surface area contributed by atoms with E-state index >= 15 is 0 Å². The molecule has 0 unspecified atom stereocenters. The Morgan fingerprint density at radius 1 is 1.26 bits per heavy atom. The second-order valence-corrected chi connectivity index (χ2v) is 5.62. The summed E-state index contributed by atoms with van der Waals surface area (Å²) < 4.78 is 3.08. The predicted molar refractivity (Wildman–Crippen MR) is 89.5 cm³/mol. The van der Waals surface area contributed by atoms with Crippen LogP contribution in [0.5, 0.6) is 0 Å². The van der Waals surface area contributed by atoms with Gasteiger partial charge in [0.2, 0.25) is 5.91 Å². The number of benzene rings is 1. The number of halogens is 2. The van der Waals surface area contributed by atoms with Gasteiger partial charge in [-0.2, -0.15) is 5.10 Å². The lowest BCUT2D eigenvalue weighted by molar-refractivity contribution is -0.116. The number of hydrogen-bond donors (Lipinski definition) is 1. The molecule has 0 aliphatic heterocycles. The van der Waals surface area contributed by atoms with E-state index in [4.69, 9.17) is 23.2 Å². The van der Waals surface area contributed by atoms with Crippen LogP contribution in [0.1, 0.15) is 0 Å². The SMILES string of the molecule is Cn1nc(-c2ccccc2)cc1NC(=O)Cn1cnc(Cl)c1Cl. The molecule has 23 heavy (non-hydrogen) atoms. The number of aromatic nitrogens is 4. The van der Waals surface area contributed by atoms with E-state index in [0.717, 1.165) is 11.3 Å². The first kappa shape index (κ1) is 15.6. The summed E-state index contributed by atoms with van der Waals surface area (Å²) in [5.41, 5.74) is 1.76. The molecule has 1 aromatic carbocycles. The van der Waals surface area contributed by atoms with E-state index in [1.807, 2.05) is 36.4 Å². The largest absolute Gasteiger partial charge is 0.311 e. The van der Waals surface area contributed by atoms with Gasteiger partial charge in [-0.1, -0.05) is 53.5 Å². The molecule has 118 valence electrons. The zero-order valence-corrected chi connectivity index (χ0v) is 13.7. The molecule has 2 heterocycles. The first-order valence-corrected chi connectivity index (χ1v) is 7.55. The molecule has 0 spiro atoms. The molecule has 0 saturated heterocycles. The van der Waals surface area contributed by atoms with Crippen LogP contribution in [0, 0.1) is 0 Å². The van der Waals surface area contributed by atoms with Crippen molar-refractivity contribution in [2.45, 2.75) is 6.54 Å². The minimum Gasteiger partial charge on any atom is -0.311 e. The summed E-state index contributed by atoms with van der Waals surface area (Å²) >= 11 is 11.7. The Kier molecular flexibility index (Phi) is 4.36. The molecule has 0 aliphatic carbocycles. The number of aryl methyl sites for hydroxylation is 1. The molecule has 0 aliphatic rings. The molecule has 0 saturated carbocycles. The second-order valence-electron chi connectivity index (χ2n) is 4.91. The zero-order valence-electron chi connectivity index (χ0n) is 12.2. The molecular weight excluding hydrogens is 337 g/mol. The van der Waals surface area contributed by atoms with Crippen LogP contribution in [0.3, 0.4) is 0 Å². The van der Waals surface area contributed by atoms with E-state index < -0.39 is 0 Å². The standard InChI is InChI=1S/C15H13Cl2N5O/c1-21-12(7-11(20-21)10-5-3-2-4-6-10)19-13(23)8-22-9-18-14(16)15(22)17/h2-7,9H,8H2,1H3,(H,19,23). The molecule has 1 amide bonds. The Labute approximate surface area is 142 Å². The van der Waals surface area contributed by atoms with Crippen molar-refractivity contribution in [2.24, 2.45) is 7.05 Å². The Morgan fingerprint density at radius 3 is 2.65 bits per heavy atom. The van der Waals surface area contributed by atoms with Crippen LogP contribution in [0.25, 0.3) is 11.3 Å². The van der Waals surface area contributed by atoms with Crippen molar-refractivity contribution in [2.75, 3.05) is 5.32 Å². The maximum atomic E-state index is 12.1. The Morgan fingerprint density at radius 2 is 2.00 bits per heavy atom. The number of carbonyl (C=O) groups excluding carboxylic acids is 1. The smallest absolute Gasteiger partial charge is 0.245 e. The van der Waals surface area contributed by atoms with Gasteiger partial charge in [0.05, 0.1) is 12.0 Å². The fraction of sp³-hybridized carbons (Fsp3) is 0.133. The Balaban J connectivity index is 1.74. The predicted octanol–water partition coefficient (Wildman–Crippen LogP) is 3.23. The highest BCUT2D eigenvalue weighted by Gasteiger charge is 2.13. The van der Waals surface area contributed by atoms with Crippen molar-refractivity contribution in [3.8, 4) is 11.3 Å². The fourth-order valence-corrected chi connectivity index (χ4v) is 2.43. The molecule has 6 nitrogen and oxygen atoms in total. The number of amides is 1. The molecule has 0 bridgehead atoms. The van der Waals surface area contributed by atoms with Gasteiger partial charge in [-0.15, -0.1) is 0 Å². The minimum absolute atomic E-state index is 0.0183. The molecule has 0 atom stereocenters. The third kappa shape index (κ3) is 3.38. The van der Waals surface area contributed by atoms with E-state index in [1.54, 1.807) is 11.7 Å². The third-order valence-electron chi connectivity index (χ3n) is 3.26. The summed E-state index contributed by atoms with van der Waals surface area (Å²) in [5.74, 6) is 0.347. The summed E-state index contributed by atoms with van der Waals surface area (Å²) in [6.45, 7) is 0.0183. The highest BCUT2D eigenvalue weighted by Crippen LogP contribution is 2.22. The molecule has 3 rings (SSSR count). The Hall–Kier alpha value is -2.31. The van der Waals surface area contributed by atoms with Crippen molar-refractivity contribution in [3.05, 3.63) is 53.0 Å². The first-order valence-electron chi connectivity index (χ1n) is 6.80. The zero-order chi connectivity index (χ0) is 16.4. The second kappa shape index (κ2) is 6.44. The van der Waals surface area contributed by atoms with Gasteiger partial charge in [0.15, 0.2) is 5.15 Å². The number of hydrogen-bond acceptors (Lipinski definition) is 3. The van der Waals surface area contributed by atoms with Crippen molar-refractivity contribution in [1.82, 2.24) is 19.3 Å². The molecule has 1 N–H and O–H groups in total. The van der Waals surface area contributed by atoms with Gasteiger partial charge in [-0.25, -0.2) is 4.98 Å². The summed E-state index contributed by atoms with van der Waals surface area (Å²) in [7, 11) is 1.77. The highest BCUT2D eigenvalue weighted by atomic mass is 35.5. The first-order chi connectivity index (χ1) is 11.0. The highest BCUT2D eigenvalue weighted by molar-refractivity contribution is 6.40. The number of carbonyl (C=O) groups is 1. The van der Waals surface area contributed by atoms with Gasteiger partial charge in [0.1, 0.15) is 17.5 Å². The molecule has 0 radical (unpaired) electrons. The van der Waals surface area contributed by atoms with Gasteiger partial charge in [0.25, 0.3) is 0 Å². The van der Waals surface area contributed by atoms with Crippen LogP contribution >= 0.6 is 23.2 Å². The number of rotatable bonds is 4. The number of nitrogens with one attached hydrogen (secondary N) is 1. The molecule has 0 fully saturated rings. The number of anilines is 1. The van der Waals surface area contributed by atoms with Gasteiger partial charge in [-0.05, 0) is 0 Å². The van der Waals surface area contributed by atoms with Gasteiger partial charge in [-0.3, -0.25) is 9.48 Å². The Bertz CT molecular complexity index is 841. The lowest BCUT2D eigenvalue weighted by atomic mass is 10.2. The molecule has 2 aromatic heterocycles. The van der Waals surface area contributed by atoms with Crippen LogP contribution in [-0.2, 0) is 18.4 Å². The molecule has 3 aromatic rings. The maximum Gasteiger partial charge on any atom is 0.245 e. The van der Waals surface area contributed by atoms with Crippen molar-refractivity contribution in [1.29, 1.82) is 0 Å². The summed E-state index contributed by atoms with van der Waals surface area (Å²) in [4.78, 5) is 16.0. The van der Waals surface area contributed by atoms with Gasteiger partial charge in [0, 0.05) is 18.7 Å². The van der Waals surface area contributed by atoms with Crippen LogP contribution < -0.4 is 5.32 Å². The minimum atomic E-state index is -0.247. The average molecular weight is 350 g/mol. The summed E-state index contributed by atoms with van der Waals surface area (Å²) in [6.07, 6.45) is 1.42. The molecule has 8 heteroatoms. The van der Waals surface area contributed by atoms with E-state index in [0.29, 0.717) is 5.82 Å². The lowest BCUT2D eigenvalue weighted by Crippen LogP contribution is -2.20. The lowest BCUT2D eigenvalue weighted by Gasteiger charge is -2.06. The van der Waals surface area contributed by atoms with Crippen LogP contribution in [0.15, 0.2) is 42.7 Å². The number of nitrogens with zero attached hydrogens (tertiary/aromatic N) is 4. The topological polar surface area (TPSA) is 64.7 Å². The van der Waals surface area contributed by atoms with Gasteiger partial charge < -0.3 is 9.88 Å². The van der Waals surface area contributed by atoms with Crippen molar-refractivity contribution < 1.29 is 4.79 Å².